The van der Waals surface area contributed by atoms with Crippen LogP contribution in [0.4, 0.5) is 5.13 Å². The van der Waals surface area contributed by atoms with Crippen molar-refractivity contribution in [1.29, 1.82) is 0 Å². The van der Waals surface area contributed by atoms with Gasteiger partial charge in [0.1, 0.15) is 0 Å². The Kier molecular flexibility index (Phi) is 7.01. The first kappa shape index (κ1) is 25.5. The molecule has 1 aliphatic carbocycles. The average Bonchev–Trinajstić information content (AvgIpc) is 3.73. The molecule has 4 aromatic rings. The lowest BCUT2D eigenvalue weighted by Gasteiger charge is -2.27. The first-order chi connectivity index (χ1) is 19.0. The van der Waals surface area contributed by atoms with E-state index in [0.29, 0.717) is 34.6 Å². The third-order valence-electron chi connectivity index (χ3n) is 7.76. The van der Waals surface area contributed by atoms with Crippen LogP contribution < -0.4 is 5.32 Å². The summed E-state index contributed by atoms with van der Waals surface area (Å²) in [5.74, 6) is 0.477. The molecular formula is C30H31N5O3S. The van der Waals surface area contributed by atoms with E-state index in [0.717, 1.165) is 48.9 Å². The predicted octanol–water partition coefficient (Wildman–Crippen LogP) is 5.45. The number of amides is 2. The van der Waals surface area contributed by atoms with E-state index in [-0.39, 0.29) is 17.9 Å². The van der Waals surface area contributed by atoms with Crippen LogP contribution in [0.25, 0.3) is 11.3 Å². The zero-order valence-electron chi connectivity index (χ0n) is 22.1. The molecular weight excluding hydrogens is 510 g/mol. The summed E-state index contributed by atoms with van der Waals surface area (Å²) >= 11 is 1.58. The second kappa shape index (κ2) is 10.7. The van der Waals surface area contributed by atoms with Gasteiger partial charge in [-0.15, -0.1) is 11.3 Å². The number of carbonyl (C=O) groups excluding carboxylic acids is 2. The van der Waals surface area contributed by atoms with Gasteiger partial charge in [-0.1, -0.05) is 24.3 Å². The molecule has 2 aromatic carbocycles. The molecule has 0 radical (unpaired) electrons. The molecule has 0 spiro atoms. The van der Waals surface area contributed by atoms with Gasteiger partial charge in [-0.2, -0.15) is 0 Å². The minimum atomic E-state index is -0.175. The van der Waals surface area contributed by atoms with Gasteiger partial charge in [0.05, 0.1) is 17.9 Å². The maximum atomic E-state index is 13.5. The van der Waals surface area contributed by atoms with Crippen LogP contribution in [0.15, 0.2) is 65.5 Å². The summed E-state index contributed by atoms with van der Waals surface area (Å²) in [6.07, 6.45) is 7.82. The summed E-state index contributed by atoms with van der Waals surface area (Å²) in [6.45, 7) is 0.683. The summed E-state index contributed by atoms with van der Waals surface area (Å²) in [4.78, 5) is 40.7. The molecule has 9 heteroatoms. The Morgan fingerprint density at radius 3 is 2.72 bits per heavy atom. The molecule has 0 saturated carbocycles. The number of likely N-dealkylation sites (N-methyl/N-ethyl adjacent to an activating group) is 1. The third-order valence-corrected chi connectivity index (χ3v) is 8.80. The number of fused-ring (bicyclic) bond motifs is 1. The number of aromatic nitrogens is 2. The number of nitrogens with zero attached hydrogens (tertiary/aromatic N) is 4. The molecule has 2 amide bonds. The molecule has 1 fully saturated rings. The Bertz CT molecular complexity index is 1480. The summed E-state index contributed by atoms with van der Waals surface area (Å²) in [6, 6.07) is 15.5. The van der Waals surface area contributed by atoms with E-state index < -0.39 is 0 Å². The number of thiazole rings is 1. The Labute approximate surface area is 231 Å². The highest BCUT2D eigenvalue weighted by molar-refractivity contribution is 7.15. The SMILES string of the molecule is CN(C)C1CCc2nc(NC(=O)c3cccc(C4CCCN4C(=O)c4ccc(-c5cnco5)cc4)c3)sc2C1. The van der Waals surface area contributed by atoms with Gasteiger partial charge in [0, 0.05) is 34.2 Å². The van der Waals surface area contributed by atoms with Gasteiger partial charge >= 0.3 is 0 Å². The number of benzene rings is 2. The summed E-state index contributed by atoms with van der Waals surface area (Å²) in [7, 11) is 4.23. The van der Waals surface area contributed by atoms with Crippen molar-refractivity contribution in [3.05, 3.63) is 88.4 Å². The molecule has 3 heterocycles. The first-order valence-electron chi connectivity index (χ1n) is 13.3. The van der Waals surface area contributed by atoms with Crippen molar-refractivity contribution in [1.82, 2.24) is 19.8 Å². The van der Waals surface area contributed by atoms with Gasteiger partial charge in [-0.25, -0.2) is 9.97 Å². The normalized spacial score (nSPS) is 18.8. The molecule has 6 rings (SSSR count). The fraction of sp³-hybridized carbons (Fsp3) is 0.333. The van der Waals surface area contributed by atoms with Gasteiger partial charge in [0.15, 0.2) is 17.3 Å². The first-order valence-corrected chi connectivity index (χ1v) is 14.1. The molecule has 39 heavy (non-hydrogen) atoms. The second-order valence-electron chi connectivity index (χ2n) is 10.4. The zero-order valence-corrected chi connectivity index (χ0v) is 22.9. The zero-order chi connectivity index (χ0) is 26.9. The number of aryl methyl sites for hydroxylation is 1. The smallest absolute Gasteiger partial charge is 0.257 e. The van der Waals surface area contributed by atoms with E-state index in [1.165, 1.54) is 11.3 Å². The lowest BCUT2D eigenvalue weighted by atomic mass is 9.97. The Morgan fingerprint density at radius 1 is 1.10 bits per heavy atom. The minimum Gasteiger partial charge on any atom is -0.444 e. The van der Waals surface area contributed by atoms with Crippen LogP contribution in [0, 0.1) is 0 Å². The molecule has 2 atom stereocenters. The monoisotopic (exact) mass is 541 g/mol. The standard InChI is InChI=1S/C30H31N5O3S/c1-34(2)23-12-13-24-27(16-23)39-30(32-24)33-28(36)22-6-3-5-21(15-22)25-7-4-14-35(25)29(37)20-10-8-19(9-11-20)26-17-31-18-38-26/h3,5-6,8-11,15,17-18,23,25H,4,7,12-14,16H2,1-2H3,(H,32,33,36). The molecule has 8 nitrogen and oxygen atoms in total. The summed E-state index contributed by atoms with van der Waals surface area (Å²) < 4.78 is 5.35. The number of hydrogen-bond acceptors (Lipinski definition) is 7. The summed E-state index contributed by atoms with van der Waals surface area (Å²) in [5.41, 5.74) is 4.15. The largest absolute Gasteiger partial charge is 0.444 e. The topological polar surface area (TPSA) is 91.6 Å². The molecule has 2 aromatic heterocycles. The number of carbonyl (C=O) groups is 2. The fourth-order valence-corrected chi connectivity index (χ4v) is 6.64. The van der Waals surface area contributed by atoms with E-state index in [2.05, 4.69) is 29.3 Å². The molecule has 0 bridgehead atoms. The number of hydrogen-bond donors (Lipinski definition) is 1. The highest BCUT2D eigenvalue weighted by Crippen LogP contribution is 2.35. The molecule has 200 valence electrons. The number of oxazole rings is 1. The summed E-state index contributed by atoms with van der Waals surface area (Å²) in [5, 5.41) is 3.67. The molecule has 2 unspecified atom stereocenters. The Morgan fingerprint density at radius 2 is 1.95 bits per heavy atom. The van der Waals surface area contributed by atoms with Crippen molar-refractivity contribution in [3.63, 3.8) is 0 Å². The van der Waals surface area contributed by atoms with Crippen LogP contribution in [-0.2, 0) is 12.8 Å². The average molecular weight is 542 g/mol. The van der Waals surface area contributed by atoms with Gasteiger partial charge in [0.25, 0.3) is 11.8 Å². The van der Waals surface area contributed by atoms with E-state index in [1.807, 2.05) is 53.4 Å². The quantitative estimate of drug-likeness (QED) is 0.349. The van der Waals surface area contributed by atoms with Gasteiger partial charge in [0.2, 0.25) is 0 Å². The maximum absolute atomic E-state index is 13.5. The van der Waals surface area contributed by atoms with E-state index in [1.54, 1.807) is 17.5 Å². The van der Waals surface area contributed by atoms with Crippen LogP contribution in [0.1, 0.15) is 62.2 Å². The Hall–Kier alpha value is -3.82. The highest BCUT2D eigenvalue weighted by Gasteiger charge is 2.31. The van der Waals surface area contributed by atoms with E-state index in [9.17, 15) is 9.59 Å². The van der Waals surface area contributed by atoms with Crippen molar-refractivity contribution < 1.29 is 14.0 Å². The molecule has 2 aliphatic rings. The molecule has 1 aliphatic heterocycles. The van der Waals surface area contributed by atoms with Gasteiger partial charge < -0.3 is 14.2 Å². The third kappa shape index (κ3) is 5.24. The van der Waals surface area contributed by atoms with Crippen LogP contribution in [0.5, 0.6) is 0 Å². The van der Waals surface area contributed by atoms with Crippen molar-refractivity contribution in [2.75, 3.05) is 26.0 Å². The lowest BCUT2D eigenvalue weighted by molar-refractivity contribution is 0.0735. The van der Waals surface area contributed by atoms with Crippen LogP contribution in [0.2, 0.25) is 0 Å². The number of rotatable bonds is 6. The van der Waals surface area contributed by atoms with Crippen LogP contribution in [0.3, 0.4) is 0 Å². The van der Waals surface area contributed by atoms with E-state index >= 15 is 0 Å². The van der Waals surface area contributed by atoms with Crippen molar-refractivity contribution in [3.8, 4) is 11.3 Å². The number of likely N-dealkylation sites (tertiary alicyclic amines) is 1. The lowest BCUT2D eigenvalue weighted by Crippen LogP contribution is -2.32. The minimum absolute atomic E-state index is 0.0131. The van der Waals surface area contributed by atoms with E-state index in [4.69, 9.17) is 9.40 Å². The van der Waals surface area contributed by atoms with Crippen molar-refractivity contribution in [2.24, 2.45) is 0 Å². The highest BCUT2D eigenvalue weighted by atomic mass is 32.1. The van der Waals surface area contributed by atoms with Crippen LogP contribution in [-0.4, -0.2) is 58.3 Å². The maximum Gasteiger partial charge on any atom is 0.257 e. The van der Waals surface area contributed by atoms with Crippen molar-refractivity contribution >= 4 is 28.3 Å². The fourth-order valence-electron chi connectivity index (χ4n) is 5.57. The molecule has 1 N–H and O–H groups in total. The predicted molar refractivity (Wildman–Crippen MR) is 151 cm³/mol. The second-order valence-corrected chi connectivity index (χ2v) is 11.5. The van der Waals surface area contributed by atoms with Crippen molar-refractivity contribution in [2.45, 2.75) is 44.2 Å². The van der Waals surface area contributed by atoms with Crippen LogP contribution >= 0.6 is 11.3 Å². The Balaban J connectivity index is 1.15. The van der Waals surface area contributed by atoms with Gasteiger partial charge in [-0.05, 0) is 76.0 Å². The van der Waals surface area contributed by atoms with Gasteiger partial charge in [-0.3, -0.25) is 14.9 Å². The molecule has 1 saturated heterocycles. The number of nitrogens with one attached hydrogen (secondary N) is 1. The number of anilines is 1.